The van der Waals surface area contributed by atoms with Crippen LogP contribution in [0.5, 0.6) is 5.75 Å². The molecule has 6 heteroatoms. The summed E-state index contributed by atoms with van der Waals surface area (Å²) in [5.74, 6) is 1.41. The molecule has 1 N–H and O–H groups in total. The van der Waals surface area contributed by atoms with Gasteiger partial charge in [-0.2, -0.15) is 0 Å². The Balaban J connectivity index is 2.12. The van der Waals surface area contributed by atoms with Gasteiger partial charge in [-0.1, -0.05) is 0 Å². The molecule has 2 aromatic rings. The Hall–Kier alpha value is -1.79. The maximum atomic E-state index is 12.3. The summed E-state index contributed by atoms with van der Waals surface area (Å²) in [6, 6.07) is 8.13. The Labute approximate surface area is 125 Å². The van der Waals surface area contributed by atoms with E-state index in [1.165, 1.54) is 6.07 Å². The minimum atomic E-state index is -3.56. The molecule has 1 heterocycles. The zero-order valence-electron chi connectivity index (χ0n) is 12.3. The third-order valence-corrected chi connectivity index (χ3v) is 4.71. The van der Waals surface area contributed by atoms with E-state index in [2.05, 4.69) is 4.72 Å². The van der Waals surface area contributed by atoms with Crippen LogP contribution in [0.3, 0.4) is 0 Å². The number of nitrogens with one attached hydrogen (secondary N) is 1. The molecule has 0 amide bonds. The number of methoxy groups -OCH3 is 1. The van der Waals surface area contributed by atoms with Gasteiger partial charge in [0.05, 0.1) is 18.3 Å². The van der Waals surface area contributed by atoms with E-state index in [1.807, 2.05) is 13.0 Å². The van der Waals surface area contributed by atoms with Gasteiger partial charge in [0.25, 0.3) is 0 Å². The van der Waals surface area contributed by atoms with Gasteiger partial charge >= 0.3 is 0 Å². The fourth-order valence-corrected chi connectivity index (χ4v) is 3.45. The molecule has 0 spiro atoms. The molecule has 0 bridgehead atoms. The smallest absolute Gasteiger partial charge is 0.240 e. The topological polar surface area (TPSA) is 68.5 Å². The van der Waals surface area contributed by atoms with Crippen LogP contribution in [0.1, 0.15) is 18.2 Å². The molecule has 0 fully saturated rings. The molecule has 21 heavy (non-hydrogen) atoms. The lowest BCUT2D eigenvalue weighted by atomic mass is 10.2. The van der Waals surface area contributed by atoms with E-state index in [-0.39, 0.29) is 10.9 Å². The van der Waals surface area contributed by atoms with Crippen LogP contribution >= 0.6 is 0 Å². The van der Waals surface area contributed by atoms with Crippen molar-refractivity contribution in [3.05, 3.63) is 47.9 Å². The Morgan fingerprint density at radius 2 is 2.10 bits per heavy atom. The lowest BCUT2D eigenvalue weighted by Crippen LogP contribution is -2.34. The second-order valence-corrected chi connectivity index (χ2v) is 6.65. The van der Waals surface area contributed by atoms with E-state index >= 15 is 0 Å². The van der Waals surface area contributed by atoms with Crippen molar-refractivity contribution in [3.63, 3.8) is 0 Å². The zero-order valence-corrected chi connectivity index (χ0v) is 13.1. The van der Waals surface area contributed by atoms with E-state index in [4.69, 9.17) is 9.15 Å². The summed E-state index contributed by atoms with van der Waals surface area (Å²) in [4.78, 5) is 0.229. The standard InChI is InChI=1S/C15H19NO4S/c1-11-9-14(6-7-15(11)19-3)21(17,18)16-12(2)10-13-5-4-8-20-13/h4-9,12,16H,10H2,1-3H3/t12-/m1/s1. The summed E-state index contributed by atoms with van der Waals surface area (Å²) in [5.41, 5.74) is 0.777. The van der Waals surface area contributed by atoms with E-state index in [9.17, 15) is 8.42 Å². The maximum Gasteiger partial charge on any atom is 0.240 e. The first-order valence-electron chi connectivity index (χ1n) is 6.61. The monoisotopic (exact) mass is 309 g/mol. The fourth-order valence-electron chi connectivity index (χ4n) is 2.12. The predicted molar refractivity (Wildman–Crippen MR) is 79.9 cm³/mol. The molecule has 1 aromatic heterocycles. The Morgan fingerprint density at radius 3 is 2.67 bits per heavy atom. The number of hydrogen-bond donors (Lipinski definition) is 1. The summed E-state index contributed by atoms with van der Waals surface area (Å²) in [6.07, 6.45) is 2.07. The van der Waals surface area contributed by atoms with Crippen molar-refractivity contribution in [1.29, 1.82) is 0 Å². The normalized spacial score (nSPS) is 13.1. The van der Waals surface area contributed by atoms with E-state index in [0.717, 1.165) is 11.3 Å². The molecule has 1 aromatic carbocycles. The van der Waals surface area contributed by atoms with E-state index in [1.54, 1.807) is 38.5 Å². The molecule has 5 nitrogen and oxygen atoms in total. The highest BCUT2D eigenvalue weighted by molar-refractivity contribution is 7.89. The van der Waals surface area contributed by atoms with Crippen LogP contribution < -0.4 is 9.46 Å². The van der Waals surface area contributed by atoms with Gasteiger partial charge in [-0.3, -0.25) is 0 Å². The second kappa shape index (κ2) is 6.32. The molecule has 0 saturated carbocycles. The van der Waals surface area contributed by atoms with Gasteiger partial charge < -0.3 is 9.15 Å². The molecule has 0 aliphatic heterocycles. The van der Waals surface area contributed by atoms with Gasteiger partial charge in [-0.25, -0.2) is 13.1 Å². The van der Waals surface area contributed by atoms with Gasteiger partial charge in [-0.15, -0.1) is 0 Å². The number of sulfonamides is 1. The minimum Gasteiger partial charge on any atom is -0.496 e. The summed E-state index contributed by atoms with van der Waals surface area (Å²) in [6.45, 7) is 3.61. The number of rotatable bonds is 6. The molecule has 2 rings (SSSR count). The van der Waals surface area contributed by atoms with Crippen molar-refractivity contribution < 1.29 is 17.6 Å². The Bertz CT molecular complexity index is 692. The lowest BCUT2D eigenvalue weighted by Gasteiger charge is -2.14. The van der Waals surface area contributed by atoms with Crippen LogP contribution in [0.2, 0.25) is 0 Å². The first-order valence-corrected chi connectivity index (χ1v) is 8.10. The molecule has 114 valence electrons. The molecule has 0 aliphatic rings. The molecule has 1 atom stereocenters. The first-order chi connectivity index (χ1) is 9.92. The van der Waals surface area contributed by atoms with Crippen LogP contribution in [0.25, 0.3) is 0 Å². The van der Waals surface area contributed by atoms with Crippen molar-refractivity contribution in [2.75, 3.05) is 7.11 Å². The van der Waals surface area contributed by atoms with Gasteiger partial charge in [0.15, 0.2) is 0 Å². The highest BCUT2D eigenvalue weighted by Crippen LogP contribution is 2.21. The van der Waals surface area contributed by atoms with Crippen molar-refractivity contribution in [2.45, 2.75) is 31.2 Å². The summed E-state index contributed by atoms with van der Waals surface area (Å²) in [7, 11) is -2.00. The van der Waals surface area contributed by atoms with Gasteiger partial charge in [0.1, 0.15) is 11.5 Å². The fraction of sp³-hybridized carbons (Fsp3) is 0.333. The van der Waals surface area contributed by atoms with Crippen molar-refractivity contribution in [1.82, 2.24) is 4.72 Å². The number of hydrogen-bond acceptors (Lipinski definition) is 4. The van der Waals surface area contributed by atoms with E-state index < -0.39 is 10.0 Å². The third kappa shape index (κ3) is 3.86. The van der Waals surface area contributed by atoms with Gasteiger partial charge in [-0.05, 0) is 49.7 Å². The second-order valence-electron chi connectivity index (χ2n) is 4.94. The molecule has 0 radical (unpaired) electrons. The molecular formula is C15H19NO4S. The summed E-state index contributed by atoms with van der Waals surface area (Å²) >= 11 is 0. The van der Waals surface area contributed by atoms with E-state index in [0.29, 0.717) is 12.2 Å². The largest absolute Gasteiger partial charge is 0.496 e. The minimum absolute atomic E-state index is 0.229. The van der Waals surface area contributed by atoms with Crippen molar-refractivity contribution in [2.24, 2.45) is 0 Å². The number of aryl methyl sites for hydroxylation is 1. The highest BCUT2D eigenvalue weighted by Gasteiger charge is 2.19. The number of ether oxygens (including phenoxy) is 1. The highest BCUT2D eigenvalue weighted by atomic mass is 32.2. The van der Waals surface area contributed by atoms with Gasteiger partial charge in [0.2, 0.25) is 10.0 Å². The van der Waals surface area contributed by atoms with Crippen LogP contribution in [-0.2, 0) is 16.4 Å². The Morgan fingerprint density at radius 1 is 1.33 bits per heavy atom. The zero-order chi connectivity index (χ0) is 15.5. The van der Waals surface area contributed by atoms with Crippen LogP contribution in [0.15, 0.2) is 45.9 Å². The summed E-state index contributed by atoms with van der Waals surface area (Å²) < 4.78 is 37.7. The quantitative estimate of drug-likeness (QED) is 0.890. The molecule has 0 unspecified atom stereocenters. The Kier molecular flexibility index (Phi) is 4.69. The third-order valence-electron chi connectivity index (χ3n) is 3.12. The maximum absolute atomic E-state index is 12.3. The predicted octanol–water partition coefficient (Wildman–Crippen LogP) is 2.51. The molecule has 0 aliphatic carbocycles. The van der Waals surface area contributed by atoms with Crippen molar-refractivity contribution in [3.8, 4) is 5.75 Å². The average Bonchev–Trinajstić information content (AvgIpc) is 2.90. The lowest BCUT2D eigenvalue weighted by molar-refractivity contribution is 0.411. The molecule has 0 saturated heterocycles. The number of benzene rings is 1. The van der Waals surface area contributed by atoms with Crippen LogP contribution in [0.4, 0.5) is 0 Å². The SMILES string of the molecule is COc1ccc(S(=O)(=O)N[C@H](C)Cc2ccco2)cc1C. The van der Waals surface area contributed by atoms with Crippen LogP contribution in [0, 0.1) is 6.92 Å². The van der Waals surface area contributed by atoms with Crippen molar-refractivity contribution >= 4 is 10.0 Å². The summed E-state index contributed by atoms with van der Waals surface area (Å²) in [5, 5.41) is 0. The first kappa shape index (κ1) is 15.6. The molecular weight excluding hydrogens is 290 g/mol. The van der Waals surface area contributed by atoms with Crippen LogP contribution in [-0.4, -0.2) is 21.6 Å². The van der Waals surface area contributed by atoms with Gasteiger partial charge in [0, 0.05) is 12.5 Å². The number of furan rings is 1. The average molecular weight is 309 g/mol.